The Hall–Kier alpha value is -2.27. The number of hydrogen-bond donors (Lipinski definition) is 1. The molecule has 5 heteroatoms. The molecule has 0 fully saturated rings. The topological polar surface area (TPSA) is 64.7 Å². The molecule has 0 saturated heterocycles. The molecule has 0 aliphatic rings. The van der Waals surface area contributed by atoms with Crippen molar-refractivity contribution in [1.29, 1.82) is 0 Å². The number of hydrazone groups is 1. The van der Waals surface area contributed by atoms with E-state index in [4.69, 9.17) is 10.6 Å². The first-order valence-corrected chi connectivity index (χ1v) is 7.60. The Morgan fingerprint density at radius 1 is 1.10 bits per heavy atom. The van der Waals surface area contributed by atoms with Gasteiger partial charge >= 0.3 is 0 Å². The molecule has 1 atom stereocenters. The molecule has 2 N–H and O–H groups in total. The highest BCUT2D eigenvalue weighted by Gasteiger charge is 2.07. The summed E-state index contributed by atoms with van der Waals surface area (Å²) in [7, 11) is 0. The van der Waals surface area contributed by atoms with Crippen LogP contribution in [0.2, 0.25) is 0 Å². The zero-order valence-corrected chi connectivity index (χ0v) is 12.4. The molecule has 4 nitrogen and oxygen atoms in total. The lowest BCUT2D eigenvalue weighted by atomic mass is 10.0. The van der Waals surface area contributed by atoms with E-state index in [2.05, 4.69) is 5.10 Å². The summed E-state index contributed by atoms with van der Waals surface area (Å²) >= 11 is 1.68. The van der Waals surface area contributed by atoms with Gasteiger partial charge in [-0.05, 0) is 48.2 Å². The van der Waals surface area contributed by atoms with Gasteiger partial charge < -0.3 is 15.4 Å². The Morgan fingerprint density at radius 2 is 1.67 bits per heavy atom. The smallest absolute Gasteiger partial charge is 0.132 e. The van der Waals surface area contributed by atoms with Gasteiger partial charge in [0.25, 0.3) is 0 Å². The third kappa shape index (κ3) is 4.10. The number of carbonyl (C=O) groups excluding carboxylic acids is 1. The van der Waals surface area contributed by atoms with Crippen molar-refractivity contribution in [3.8, 4) is 11.5 Å². The number of nitrogens with zero attached hydrogens (tertiary/aromatic N) is 1. The number of carbonyl (C=O) groups is 1. The van der Waals surface area contributed by atoms with Gasteiger partial charge in [-0.1, -0.05) is 12.1 Å². The van der Waals surface area contributed by atoms with Crippen molar-refractivity contribution >= 4 is 24.3 Å². The van der Waals surface area contributed by atoms with Gasteiger partial charge in [-0.3, -0.25) is 0 Å². The Labute approximate surface area is 128 Å². The van der Waals surface area contributed by atoms with Gasteiger partial charge in [-0.25, -0.2) is 0 Å². The van der Waals surface area contributed by atoms with E-state index in [1.54, 1.807) is 11.8 Å². The molecule has 21 heavy (non-hydrogen) atoms. The zero-order chi connectivity index (χ0) is 15.1. The van der Waals surface area contributed by atoms with E-state index in [0.29, 0.717) is 5.75 Å². The third-order valence-electron chi connectivity index (χ3n) is 2.95. The number of ether oxygens (including phenoxy) is 1. The summed E-state index contributed by atoms with van der Waals surface area (Å²) in [5, 5.41) is 3.40. The Kier molecular flexibility index (Phi) is 5.40. The molecule has 1 unspecified atom stereocenters. The number of nitrogens with two attached hydrogens (primary N) is 1. The van der Waals surface area contributed by atoms with Crippen LogP contribution in [-0.2, 0) is 4.79 Å². The first kappa shape index (κ1) is 15.1. The number of aldehydes is 1. The number of thioether (sulfide) groups is 1. The zero-order valence-electron chi connectivity index (χ0n) is 11.6. The standard InChI is InChI=1S/C16H16N2O2S/c1-21-16-8-6-15(7-9-16)20-14-4-2-12(3-5-14)13(11-19)10-18-17/h2-11,13H,17H2,1H3. The van der Waals surface area contributed by atoms with Crippen LogP contribution < -0.4 is 10.6 Å². The molecule has 0 amide bonds. The summed E-state index contributed by atoms with van der Waals surface area (Å²) in [5.41, 5.74) is 0.823. The maximum Gasteiger partial charge on any atom is 0.132 e. The van der Waals surface area contributed by atoms with Crippen LogP contribution in [0.15, 0.2) is 58.5 Å². The predicted octanol–water partition coefficient (Wildman–Crippen LogP) is 3.43. The number of rotatable bonds is 6. The van der Waals surface area contributed by atoms with Crippen molar-refractivity contribution in [1.82, 2.24) is 0 Å². The summed E-state index contributed by atoms with van der Waals surface area (Å²) in [4.78, 5) is 12.1. The van der Waals surface area contributed by atoms with E-state index in [1.165, 1.54) is 11.1 Å². The van der Waals surface area contributed by atoms with E-state index >= 15 is 0 Å². The Morgan fingerprint density at radius 3 is 2.14 bits per heavy atom. The second-order valence-electron chi connectivity index (χ2n) is 4.31. The van der Waals surface area contributed by atoms with Gasteiger partial charge in [0.05, 0.1) is 5.92 Å². The van der Waals surface area contributed by atoms with Crippen LogP contribution in [0, 0.1) is 0 Å². The van der Waals surface area contributed by atoms with Gasteiger partial charge in [0.2, 0.25) is 0 Å². The van der Waals surface area contributed by atoms with Gasteiger partial charge in [-0.15, -0.1) is 11.8 Å². The van der Waals surface area contributed by atoms with E-state index in [-0.39, 0.29) is 0 Å². The highest BCUT2D eigenvalue weighted by Crippen LogP contribution is 2.25. The molecule has 0 spiro atoms. The van der Waals surface area contributed by atoms with E-state index < -0.39 is 5.92 Å². The molecule has 0 aliphatic carbocycles. The highest BCUT2D eigenvalue weighted by atomic mass is 32.2. The van der Waals surface area contributed by atoms with Crippen molar-refractivity contribution in [2.45, 2.75) is 10.8 Å². The van der Waals surface area contributed by atoms with Crippen molar-refractivity contribution in [2.75, 3.05) is 6.26 Å². The number of hydrogen-bond acceptors (Lipinski definition) is 5. The van der Waals surface area contributed by atoms with E-state index in [9.17, 15) is 4.79 Å². The lowest BCUT2D eigenvalue weighted by Gasteiger charge is -2.08. The van der Waals surface area contributed by atoms with Crippen LogP contribution in [0.5, 0.6) is 11.5 Å². The third-order valence-corrected chi connectivity index (χ3v) is 3.70. The molecule has 0 saturated carbocycles. The summed E-state index contributed by atoms with van der Waals surface area (Å²) in [6.45, 7) is 0. The Bertz CT molecular complexity index is 609. The average molecular weight is 300 g/mol. The van der Waals surface area contributed by atoms with Crippen LogP contribution in [-0.4, -0.2) is 18.8 Å². The van der Waals surface area contributed by atoms with Gasteiger partial charge in [-0.2, -0.15) is 5.10 Å². The molecule has 0 bridgehead atoms. The van der Waals surface area contributed by atoms with Crippen LogP contribution in [0.3, 0.4) is 0 Å². The minimum Gasteiger partial charge on any atom is -0.457 e. The van der Waals surface area contributed by atoms with E-state index in [0.717, 1.165) is 17.6 Å². The predicted molar refractivity (Wildman–Crippen MR) is 86.2 cm³/mol. The first-order chi connectivity index (χ1) is 10.3. The molecule has 2 aromatic rings. The second kappa shape index (κ2) is 7.50. The highest BCUT2D eigenvalue weighted by molar-refractivity contribution is 7.98. The maximum absolute atomic E-state index is 11.0. The lowest BCUT2D eigenvalue weighted by Crippen LogP contribution is -2.03. The molecule has 2 rings (SSSR count). The number of benzene rings is 2. The molecule has 2 aromatic carbocycles. The van der Waals surface area contributed by atoms with E-state index in [1.807, 2.05) is 54.8 Å². The second-order valence-corrected chi connectivity index (χ2v) is 5.19. The summed E-state index contributed by atoms with van der Waals surface area (Å²) in [6, 6.07) is 15.2. The Balaban J connectivity index is 2.09. The molecule has 108 valence electrons. The quantitative estimate of drug-likeness (QED) is 0.292. The van der Waals surface area contributed by atoms with Crippen LogP contribution in [0.4, 0.5) is 0 Å². The molecule has 0 radical (unpaired) electrons. The molecule has 0 aromatic heterocycles. The van der Waals surface area contributed by atoms with Gasteiger partial charge in [0, 0.05) is 11.1 Å². The van der Waals surface area contributed by atoms with Crippen molar-refractivity contribution in [3.05, 3.63) is 54.1 Å². The maximum atomic E-state index is 11.0. The van der Waals surface area contributed by atoms with Gasteiger partial charge in [0.1, 0.15) is 17.8 Å². The summed E-state index contributed by atoms with van der Waals surface area (Å²) in [5.74, 6) is 6.14. The fraction of sp³-hybridized carbons (Fsp3) is 0.125. The van der Waals surface area contributed by atoms with Gasteiger partial charge in [0.15, 0.2) is 0 Å². The molecular weight excluding hydrogens is 284 g/mol. The van der Waals surface area contributed by atoms with Crippen LogP contribution in [0.25, 0.3) is 0 Å². The largest absolute Gasteiger partial charge is 0.457 e. The monoisotopic (exact) mass is 300 g/mol. The lowest BCUT2D eigenvalue weighted by molar-refractivity contribution is -0.107. The van der Waals surface area contributed by atoms with Crippen LogP contribution >= 0.6 is 11.8 Å². The fourth-order valence-electron chi connectivity index (χ4n) is 1.83. The normalized spacial score (nSPS) is 12.2. The SMILES string of the molecule is CSc1ccc(Oc2ccc(C(C=O)C=NN)cc2)cc1. The summed E-state index contributed by atoms with van der Waals surface area (Å²) in [6.07, 6.45) is 4.24. The molecule has 0 heterocycles. The minimum atomic E-state index is -0.426. The van der Waals surface area contributed by atoms with Crippen molar-refractivity contribution < 1.29 is 9.53 Å². The first-order valence-electron chi connectivity index (χ1n) is 6.37. The van der Waals surface area contributed by atoms with Crippen molar-refractivity contribution in [3.63, 3.8) is 0 Å². The molecular formula is C16H16N2O2S. The van der Waals surface area contributed by atoms with Crippen LogP contribution in [0.1, 0.15) is 11.5 Å². The molecule has 0 aliphatic heterocycles. The minimum absolute atomic E-state index is 0.426. The fourth-order valence-corrected chi connectivity index (χ4v) is 2.24. The average Bonchev–Trinajstić information content (AvgIpc) is 2.54. The summed E-state index contributed by atoms with van der Waals surface area (Å²) < 4.78 is 5.75. The van der Waals surface area contributed by atoms with Crippen molar-refractivity contribution in [2.24, 2.45) is 10.9 Å².